The van der Waals surface area contributed by atoms with E-state index in [1.54, 1.807) is 0 Å². The normalized spacial score (nSPS) is 11.5. The van der Waals surface area contributed by atoms with Gasteiger partial charge < -0.3 is 0 Å². The summed E-state index contributed by atoms with van der Waals surface area (Å²) < 4.78 is 0. The van der Waals surface area contributed by atoms with E-state index in [1.807, 2.05) is 6.21 Å². The zero-order valence-electron chi connectivity index (χ0n) is 5.39. The molecule has 0 aliphatic rings. The van der Waals surface area contributed by atoms with E-state index in [0.717, 1.165) is 6.54 Å². The molecule has 2 heteroatoms. The van der Waals surface area contributed by atoms with Gasteiger partial charge in [-0.3, -0.25) is 4.99 Å². The first-order valence-electron chi connectivity index (χ1n) is 2.83. The van der Waals surface area contributed by atoms with Gasteiger partial charge in [-0.15, -0.1) is 11.6 Å². The van der Waals surface area contributed by atoms with Crippen molar-refractivity contribution in [3.05, 3.63) is 0 Å². The molecule has 0 saturated heterocycles. The lowest BCUT2D eigenvalue weighted by Gasteiger charge is -1.89. The fourth-order valence-electron chi connectivity index (χ4n) is 0.334. The topological polar surface area (TPSA) is 12.4 Å². The van der Waals surface area contributed by atoms with Gasteiger partial charge in [-0.1, -0.05) is 13.8 Å². The summed E-state index contributed by atoms with van der Waals surface area (Å²) in [5.41, 5.74) is 0. The van der Waals surface area contributed by atoms with Gasteiger partial charge in [0.2, 0.25) is 0 Å². The SMILES string of the molecule is CC(C)C=NCCCl. The number of aliphatic imine (C=N–C) groups is 1. The molecule has 0 saturated carbocycles. The molecule has 0 aromatic rings. The number of hydrogen-bond donors (Lipinski definition) is 0. The Hall–Kier alpha value is -0.0400. The Morgan fingerprint density at radius 2 is 2.25 bits per heavy atom. The van der Waals surface area contributed by atoms with E-state index in [1.165, 1.54) is 0 Å². The number of nitrogens with zero attached hydrogens (tertiary/aromatic N) is 1. The molecule has 0 radical (unpaired) electrons. The van der Waals surface area contributed by atoms with Crippen LogP contribution in [0.4, 0.5) is 0 Å². The molecule has 0 unspecified atom stereocenters. The minimum Gasteiger partial charge on any atom is -0.296 e. The summed E-state index contributed by atoms with van der Waals surface area (Å²) in [5.74, 6) is 1.18. The standard InChI is InChI=1S/C6H12ClN/c1-6(2)5-8-4-3-7/h5-6H,3-4H2,1-2H3. The van der Waals surface area contributed by atoms with Gasteiger partial charge in [0.25, 0.3) is 0 Å². The first-order chi connectivity index (χ1) is 3.77. The van der Waals surface area contributed by atoms with Gasteiger partial charge in [-0.25, -0.2) is 0 Å². The lowest BCUT2D eigenvalue weighted by atomic mass is 10.2. The zero-order chi connectivity index (χ0) is 6.41. The molecular weight excluding hydrogens is 122 g/mol. The van der Waals surface area contributed by atoms with Crippen molar-refractivity contribution in [1.29, 1.82) is 0 Å². The van der Waals surface area contributed by atoms with Gasteiger partial charge in [0.05, 0.1) is 6.54 Å². The van der Waals surface area contributed by atoms with E-state index in [-0.39, 0.29) is 0 Å². The summed E-state index contributed by atoms with van der Waals surface area (Å²) in [4.78, 5) is 4.03. The molecule has 0 aliphatic heterocycles. The summed E-state index contributed by atoms with van der Waals surface area (Å²) >= 11 is 5.37. The highest BCUT2D eigenvalue weighted by atomic mass is 35.5. The summed E-state index contributed by atoms with van der Waals surface area (Å²) in [7, 11) is 0. The van der Waals surface area contributed by atoms with Crippen LogP contribution in [0.15, 0.2) is 4.99 Å². The van der Waals surface area contributed by atoms with Crippen LogP contribution in [0.25, 0.3) is 0 Å². The Kier molecular flexibility index (Phi) is 5.08. The highest BCUT2D eigenvalue weighted by Gasteiger charge is 1.81. The molecule has 0 amide bonds. The highest BCUT2D eigenvalue weighted by molar-refractivity contribution is 6.18. The van der Waals surface area contributed by atoms with Gasteiger partial charge >= 0.3 is 0 Å². The fraction of sp³-hybridized carbons (Fsp3) is 0.833. The van der Waals surface area contributed by atoms with Crippen molar-refractivity contribution in [2.75, 3.05) is 12.4 Å². The highest BCUT2D eigenvalue weighted by Crippen LogP contribution is 1.85. The maximum absolute atomic E-state index is 5.37. The van der Waals surface area contributed by atoms with Gasteiger partial charge in [0.1, 0.15) is 0 Å². The van der Waals surface area contributed by atoms with E-state index < -0.39 is 0 Å². The van der Waals surface area contributed by atoms with Crippen LogP contribution in [-0.4, -0.2) is 18.6 Å². The van der Waals surface area contributed by atoms with Gasteiger partial charge in [0, 0.05) is 12.1 Å². The predicted molar refractivity (Wildman–Crippen MR) is 38.9 cm³/mol. The summed E-state index contributed by atoms with van der Waals surface area (Å²) in [6, 6.07) is 0. The fourth-order valence-corrected chi connectivity index (χ4v) is 0.432. The first kappa shape index (κ1) is 7.96. The van der Waals surface area contributed by atoms with Crippen molar-refractivity contribution in [2.24, 2.45) is 10.9 Å². The number of hydrogen-bond acceptors (Lipinski definition) is 1. The Labute approximate surface area is 55.8 Å². The number of alkyl halides is 1. The van der Waals surface area contributed by atoms with Crippen LogP contribution in [0.2, 0.25) is 0 Å². The smallest absolute Gasteiger partial charge is 0.0521 e. The zero-order valence-corrected chi connectivity index (χ0v) is 6.15. The molecule has 8 heavy (non-hydrogen) atoms. The Balaban J connectivity index is 3.07. The van der Waals surface area contributed by atoms with Gasteiger partial charge in [-0.05, 0) is 5.92 Å². The van der Waals surface area contributed by atoms with E-state index in [2.05, 4.69) is 18.8 Å². The number of rotatable bonds is 3. The van der Waals surface area contributed by atoms with Crippen LogP contribution in [0.3, 0.4) is 0 Å². The number of halogens is 1. The maximum atomic E-state index is 5.37. The van der Waals surface area contributed by atoms with Crippen LogP contribution < -0.4 is 0 Å². The minimum absolute atomic E-state index is 0.554. The molecule has 0 atom stereocenters. The lowest BCUT2D eigenvalue weighted by Crippen LogP contribution is -1.89. The van der Waals surface area contributed by atoms with E-state index in [4.69, 9.17) is 11.6 Å². The Morgan fingerprint density at radius 1 is 1.62 bits per heavy atom. The first-order valence-corrected chi connectivity index (χ1v) is 3.36. The average Bonchev–Trinajstić information content (AvgIpc) is 1.66. The summed E-state index contributed by atoms with van der Waals surface area (Å²) in [6.07, 6.45) is 1.92. The Morgan fingerprint density at radius 3 is 2.62 bits per heavy atom. The molecule has 0 bridgehead atoms. The van der Waals surface area contributed by atoms with Crippen molar-refractivity contribution < 1.29 is 0 Å². The monoisotopic (exact) mass is 133 g/mol. The molecule has 0 aromatic carbocycles. The van der Waals surface area contributed by atoms with Crippen molar-refractivity contribution in [3.63, 3.8) is 0 Å². The minimum atomic E-state index is 0.554. The quantitative estimate of drug-likeness (QED) is 0.412. The van der Waals surface area contributed by atoms with Crippen molar-refractivity contribution in [3.8, 4) is 0 Å². The third kappa shape index (κ3) is 5.96. The van der Waals surface area contributed by atoms with Crippen LogP contribution >= 0.6 is 11.6 Å². The van der Waals surface area contributed by atoms with Crippen molar-refractivity contribution in [2.45, 2.75) is 13.8 Å². The molecule has 0 spiro atoms. The molecule has 0 rings (SSSR count). The second-order valence-electron chi connectivity index (χ2n) is 1.99. The van der Waals surface area contributed by atoms with E-state index >= 15 is 0 Å². The summed E-state index contributed by atoms with van der Waals surface area (Å²) in [5, 5.41) is 0. The van der Waals surface area contributed by atoms with Crippen molar-refractivity contribution in [1.82, 2.24) is 0 Å². The second kappa shape index (κ2) is 5.10. The molecule has 0 N–H and O–H groups in total. The van der Waals surface area contributed by atoms with Crippen LogP contribution in [0, 0.1) is 5.92 Å². The summed E-state index contributed by atoms with van der Waals surface area (Å²) in [6.45, 7) is 4.94. The van der Waals surface area contributed by atoms with Crippen molar-refractivity contribution >= 4 is 17.8 Å². The molecule has 0 heterocycles. The lowest BCUT2D eigenvalue weighted by molar-refractivity contribution is 0.897. The third-order valence-corrected chi connectivity index (χ3v) is 0.786. The molecule has 0 fully saturated rings. The van der Waals surface area contributed by atoms with Gasteiger partial charge in [0.15, 0.2) is 0 Å². The van der Waals surface area contributed by atoms with Crippen LogP contribution in [0.1, 0.15) is 13.8 Å². The van der Waals surface area contributed by atoms with Crippen LogP contribution in [0.5, 0.6) is 0 Å². The molecule has 0 aliphatic carbocycles. The van der Waals surface area contributed by atoms with E-state index in [9.17, 15) is 0 Å². The largest absolute Gasteiger partial charge is 0.296 e. The van der Waals surface area contributed by atoms with E-state index in [0.29, 0.717) is 11.8 Å². The Bertz CT molecular complexity index is 68.9. The van der Waals surface area contributed by atoms with Gasteiger partial charge in [-0.2, -0.15) is 0 Å². The molecular formula is C6H12ClN. The predicted octanol–water partition coefficient (Wildman–Crippen LogP) is 1.95. The molecule has 1 nitrogen and oxygen atoms in total. The van der Waals surface area contributed by atoms with Crippen LogP contribution in [-0.2, 0) is 0 Å². The maximum Gasteiger partial charge on any atom is 0.0521 e. The molecule has 48 valence electrons. The third-order valence-electron chi connectivity index (χ3n) is 0.617. The molecule has 0 aromatic heterocycles. The average molecular weight is 134 g/mol. The second-order valence-corrected chi connectivity index (χ2v) is 2.37.